The van der Waals surface area contributed by atoms with Crippen molar-refractivity contribution in [3.63, 3.8) is 0 Å². The molecule has 0 N–H and O–H groups in total. The van der Waals surface area contributed by atoms with Gasteiger partial charge in [-0.1, -0.05) is 13.8 Å². The lowest BCUT2D eigenvalue weighted by atomic mass is 10.1. The lowest BCUT2D eigenvalue weighted by Gasteiger charge is -2.07. The maximum absolute atomic E-state index is 11.4. The number of rotatable bonds is 3. The van der Waals surface area contributed by atoms with Crippen molar-refractivity contribution in [1.29, 1.82) is 0 Å². The molecular formula is C9H17NO. The van der Waals surface area contributed by atoms with Crippen molar-refractivity contribution < 1.29 is 4.79 Å². The van der Waals surface area contributed by atoms with Crippen molar-refractivity contribution in [3.05, 3.63) is 0 Å². The van der Waals surface area contributed by atoms with Crippen LogP contribution in [0.3, 0.4) is 0 Å². The number of hydrogen-bond donors (Lipinski definition) is 0. The second-order valence-electron chi connectivity index (χ2n) is 3.86. The predicted octanol–water partition coefficient (Wildman–Crippen LogP) is 1.30. The van der Waals surface area contributed by atoms with E-state index in [0.29, 0.717) is 11.8 Å². The molecule has 64 valence electrons. The third-order valence-corrected chi connectivity index (χ3v) is 2.21. The fourth-order valence-electron chi connectivity index (χ4n) is 1.36. The molecule has 0 aromatic rings. The minimum Gasteiger partial charge on any atom is -0.298 e. The van der Waals surface area contributed by atoms with Gasteiger partial charge in [0, 0.05) is 18.5 Å². The van der Waals surface area contributed by atoms with Gasteiger partial charge in [0.15, 0.2) is 5.78 Å². The number of ketones is 1. The first-order valence-corrected chi connectivity index (χ1v) is 4.33. The highest BCUT2D eigenvalue weighted by Gasteiger charge is 2.42. The second kappa shape index (κ2) is 2.94. The fraction of sp³-hybridized carbons (Fsp3) is 0.889. The minimum atomic E-state index is 0.198. The molecule has 0 radical (unpaired) electrons. The highest BCUT2D eigenvalue weighted by Crippen LogP contribution is 2.24. The van der Waals surface area contributed by atoms with E-state index in [1.54, 1.807) is 0 Å². The van der Waals surface area contributed by atoms with Crippen molar-refractivity contribution in [3.8, 4) is 0 Å². The van der Waals surface area contributed by atoms with E-state index in [4.69, 9.17) is 0 Å². The Bertz CT molecular complexity index is 163. The summed E-state index contributed by atoms with van der Waals surface area (Å²) in [6, 6.07) is 0.776. The van der Waals surface area contributed by atoms with Crippen molar-refractivity contribution >= 4 is 5.78 Å². The molecule has 2 heteroatoms. The van der Waals surface area contributed by atoms with Crippen LogP contribution in [0.4, 0.5) is 0 Å². The normalized spacial score (nSPS) is 29.6. The Morgan fingerprint density at radius 1 is 1.36 bits per heavy atom. The van der Waals surface area contributed by atoms with Gasteiger partial charge in [-0.05, 0) is 13.8 Å². The molecule has 0 aromatic carbocycles. The Balaban J connectivity index is 2.38. The fourth-order valence-corrected chi connectivity index (χ4v) is 1.36. The van der Waals surface area contributed by atoms with E-state index in [2.05, 4.69) is 18.7 Å². The number of nitrogens with zero attached hydrogens (tertiary/aromatic N) is 1. The van der Waals surface area contributed by atoms with E-state index in [1.165, 1.54) is 0 Å². The molecule has 1 heterocycles. The van der Waals surface area contributed by atoms with E-state index >= 15 is 0 Å². The molecule has 0 saturated carbocycles. The Morgan fingerprint density at radius 2 is 1.91 bits per heavy atom. The largest absolute Gasteiger partial charge is 0.298 e. The van der Waals surface area contributed by atoms with Gasteiger partial charge in [-0.3, -0.25) is 9.69 Å². The lowest BCUT2D eigenvalue weighted by molar-refractivity contribution is -0.122. The van der Waals surface area contributed by atoms with Crippen LogP contribution in [-0.2, 0) is 4.79 Å². The highest BCUT2D eigenvalue weighted by atomic mass is 16.1. The van der Waals surface area contributed by atoms with Gasteiger partial charge in [0.1, 0.15) is 0 Å². The summed E-state index contributed by atoms with van der Waals surface area (Å²) in [5.74, 6) is 0.599. The van der Waals surface area contributed by atoms with Crippen LogP contribution in [0, 0.1) is 5.92 Å². The summed E-state index contributed by atoms with van der Waals surface area (Å²) in [6.45, 7) is 9.19. The molecule has 11 heavy (non-hydrogen) atoms. The van der Waals surface area contributed by atoms with Crippen LogP contribution < -0.4 is 0 Å². The molecule has 2 atom stereocenters. The maximum atomic E-state index is 11.4. The Labute approximate surface area is 68.6 Å². The van der Waals surface area contributed by atoms with Crippen molar-refractivity contribution in [2.75, 3.05) is 6.54 Å². The van der Waals surface area contributed by atoms with Gasteiger partial charge >= 0.3 is 0 Å². The first-order valence-electron chi connectivity index (χ1n) is 4.33. The van der Waals surface area contributed by atoms with Crippen LogP contribution in [0.5, 0.6) is 0 Å². The average molecular weight is 155 g/mol. The van der Waals surface area contributed by atoms with Gasteiger partial charge < -0.3 is 0 Å². The molecule has 0 aliphatic carbocycles. The zero-order valence-electron chi connectivity index (χ0n) is 7.79. The van der Waals surface area contributed by atoms with E-state index in [9.17, 15) is 4.79 Å². The maximum Gasteiger partial charge on any atom is 0.153 e. The zero-order chi connectivity index (χ0) is 8.59. The molecule has 1 unspecified atom stereocenters. The van der Waals surface area contributed by atoms with Gasteiger partial charge in [-0.2, -0.15) is 0 Å². The topological polar surface area (TPSA) is 20.1 Å². The molecule has 1 saturated heterocycles. The van der Waals surface area contributed by atoms with E-state index in [-0.39, 0.29) is 12.0 Å². The first kappa shape index (κ1) is 8.72. The Hall–Kier alpha value is -0.370. The van der Waals surface area contributed by atoms with Gasteiger partial charge in [0.25, 0.3) is 0 Å². The van der Waals surface area contributed by atoms with Crippen LogP contribution in [0.15, 0.2) is 0 Å². The molecule has 1 rings (SSSR count). The molecule has 1 aliphatic rings. The van der Waals surface area contributed by atoms with Crippen LogP contribution in [0.25, 0.3) is 0 Å². The van der Waals surface area contributed by atoms with Crippen LogP contribution in [0.1, 0.15) is 27.7 Å². The van der Waals surface area contributed by atoms with Gasteiger partial charge in [0.05, 0.1) is 6.04 Å². The molecule has 0 aromatic heterocycles. The predicted molar refractivity (Wildman–Crippen MR) is 45.5 cm³/mol. The molecule has 0 spiro atoms. The smallest absolute Gasteiger partial charge is 0.153 e. The summed E-state index contributed by atoms with van der Waals surface area (Å²) in [7, 11) is 0. The monoisotopic (exact) mass is 155 g/mol. The van der Waals surface area contributed by atoms with Gasteiger partial charge in [-0.25, -0.2) is 0 Å². The van der Waals surface area contributed by atoms with E-state index in [0.717, 1.165) is 6.54 Å². The second-order valence-corrected chi connectivity index (χ2v) is 3.86. The third kappa shape index (κ3) is 1.80. The first-order chi connectivity index (χ1) is 5.04. The molecule has 1 fully saturated rings. The summed E-state index contributed by atoms with van der Waals surface area (Å²) in [4.78, 5) is 13.6. The van der Waals surface area contributed by atoms with Crippen molar-refractivity contribution in [2.24, 2.45) is 5.92 Å². The third-order valence-electron chi connectivity index (χ3n) is 2.21. The zero-order valence-corrected chi connectivity index (χ0v) is 7.79. The summed E-state index contributed by atoms with van der Waals surface area (Å²) in [5.41, 5.74) is 0. The number of Topliss-reactive ketones (excluding diaryl/α,β-unsaturated/α-hetero) is 1. The van der Waals surface area contributed by atoms with Crippen LogP contribution in [-0.4, -0.2) is 29.3 Å². The Morgan fingerprint density at radius 3 is 2.18 bits per heavy atom. The van der Waals surface area contributed by atoms with Crippen LogP contribution in [0.2, 0.25) is 0 Å². The lowest BCUT2D eigenvalue weighted by Crippen LogP contribution is -2.21. The quantitative estimate of drug-likeness (QED) is 0.572. The number of hydrogen-bond acceptors (Lipinski definition) is 2. The van der Waals surface area contributed by atoms with Gasteiger partial charge in [-0.15, -0.1) is 0 Å². The summed E-state index contributed by atoms with van der Waals surface area (Å²) in [6.07, 6.45) is 0. The van der Waals surface area contributed by atoms with Gasteiger partial charge in [0.2, 0.25) is 0 Å². The molecule has 2 nitrogen and oxygen atoms in total. The van der Waals surface area contributed by atoms with Crippen molar-refractivity contribution in [2.45, 2.75) is 39.8 Å². The molecular weight excluding hydrogens is 138 g/mol. The minimum absolute atomic E-state index is 0.198. The number of carbonyl (C=O) groups is 1. The van der Waals surface area contributed by atoms with E-state index < -0.39 is 0 Å². The highest BCUT2D eigenvalue weighted by molar-refractivity contribution is 5.88. The van der Waals surface area contributed by atoms with Crippen LogP contribution >= 0.6 is 0 Å². The summed E-state index contributed by atoms with van der Waals surface area (Å²) >= 11 is 0. The number of carbonyl (C=O) groups excluding carboxylic acids is 1. The standard InChI is InChI=1S/C9H17NO/c1-6(2)9(11)8-5-10(8)7(3)4/h6-8H,5H2,1-4H3/t8-,10?/m0/s1. The van der Waals surface area contributed by atoms with Crippen molar-refractivity contribution in [1.82, 2.24) is 4.90 Å². The summed E-state index contributed by atoms with van der Waals surface area (Å²) < 4.78 is 0. The Kier molecular flexibility index (Phi) is 2.33. The summed E-state index contributed by atoms with van der Waals surface area (Å²) in [5, 5.41) is 0. The molecule has 0 amide bonds. The SMILES string of the molecule is CC(C)C(=O)[C@@H]1CN1C(C)C. The molecule has 0 bridgehead atoms. The molecule has 1 aliphatic heterocycles. The average Bonchev–Trinajstić information content (AvgIpc) is 2.63. The van der Waals surface area contributed by atoms with E-state index in [1.807, 2.05) is 13.8 Å².